The van der Waals surface area contributed by atoms with Gasteiger partial charge in [-0.25, -0.2) is 0 Å². The highest BCUT2D eigenvalue weighted by atomic mass is 16.5. The van der Waals surface area contributed by atoms with E-state index in [4.69, 9.17) is 4.74 Å². The van der Waals surface area contributed by atoms with Crippen LogP contribution in [0.15, 0.2) is 23.9 Å². The molecule has 2 amide bonds. The third-order valence-corrected chi connectivity index (χ3v) is 5.85. The molecule has 2 unspecified atom stereocenters. The van der Waals surface area contributed by atoms with E-state index in [1.807, 2.05) is 25.1 Å². The third kappa shape index (κ3) is 4.00. The van der Waals surface area contributed by atoms with Crippen molar-refractivity contribution in [2.24, 2.45) is 11.8 Å². The number of likely N-dealkylation sites (tertiary alicyclic amines) is 1. The second kappa shape index (κ2) is 8.48. The van der Waals surface area contributed by atoms with Crippen LogP contribution in [0.1, 0.15) is 43.4 Å². The van der Waals surface area contributed by atoms with Crippen molar-refractivity contribution in [1.29, 1.82) is 0 Å². The molecule has 2 aliphatic rings. The second-order valence-electron chi connectivity index (χ2n) is 8.48. The van der Waals surface area contributed by atoms with E-state index in [1.54, 1.807) is 7.11 Å². The number of carbonyl (C=O) groups excluding carboxylic acids is 2. The van der Waals surface area contributed by atoms with Crippen LogP contribution in [0.2, 0.25) is 0 Å². The van der Waals surface area contributed by atoms with E-state index in [-0.39, 0.29) is 11.8 Å². The van der Waals surface area contributed by atoms with Gasteiger partial charge in [0.05, 0.1) is 5.57 Å². The molecule has 5 heteroatoms. The van der Waals surface area contributed by atoms with Gasteiger partial charge in [0.2, 0.25) is 0 Å². The normalized spacial score (nSPS) is 23.2. The molecule has 0 bridgehead atoms. The minimum absolute atomic E-state index is 0.157. The molecule has 1 saturated heterocycles. The number of imide groups is 1. The minimum atomic E-state index is -0.176. The van der Waals surface area contributed by atoms with Gasteiger partial charge in [-0.05, 0) is 55.2 Å². The second-order valence-corrected chi connectivity index (χ2v) is 8.48. The summed E-state index contributed by atoms with van der Waals surface area (Å²) in [4.78, 5) is 30.2. The molecule has 2 atom stereocenters. The first kappa shape index (κ1) is 20.6. The monoisotopic (exact) mass is 384 g/mol. The largest absolute Gasteiger partial charge is 0.385 e. The van der Waals surface area contributed by atoms with Gasteiger partial charge < -0.3 is 9.64 Å². The molecular formula is C23H32N2O3. The van der Waals surface area contributed by atoms with Gasteiger partial charge in [0.1, 0.15) is 5.70 Å². The van der Waals surface area contributed by atoms with E-state index in [1.165, 1.54) is 10.5 Å². The number of amides is 2. The molecular weight excluding hydrogens is 352 g/mol. The Morgan fingerprint density at radius 3 is 2.32 bits per heavy atom. The van der Waals surface area contributed by atoms with E-state index in [2.05, 4.69) is 25.7 Å². The number of nitrogens with zero attached hydrogens (tertiary/aromatic N) is 2. The predicted octanol–water partition coefficient (Wildman–Crippen LogP) is 3.40. The maximum atomic E-state index is 13.3. The standard InChI is InChI=1S/C23H32N2O3/c1-15-11-16(2)14-24(13-15)21-20(19-8-7-17(3)18(4)12-19)22(26)25(23(21)27)9-6-10-28-5/h7-8,12,15-16H,6,9-11,13-14H2,1-5H3. The fraction of sp³-hybridized carbons (Fsp3) is 0.565. The van der Waals surface area contributed by atoms with Gasteiger partial charge in [-0.15, -0.1) is 0 Å². The van der Waals surface area contributed by atoms with Gasteiger partial charge in [-0.2, -0.15) is 0 Å². The number of carbonyl (C=O) groups is 2. The van der Waals surface area contributed by atoms with Gasteiger partial charge in [0.15, 0.2) is 0 Å². The third-order valence-electron chi connectivity index (χ3n) is 5.85. The molecule has 28 heavy (non-hydrogen) atoms. The number of rotatable bonds is 6. The maximum absolute atomic E-state index is 13.3. The van der Waals surface area contributed by atoms with E-state index in [0.29, 0.717) is 42.7 Å². The van der Waals surface area contributed by atoms with Crippen molar-refractivity contribution >= 4 is 17.4 Å². The first-order valence-corrected chi connectivity index (χ1v) is 10.3. The first-order valence-electron chi connectivity index (χ1n) is 10.3. The van der Waals surface area contributed by atoms with Gasteiger partial charge in [-0.1, -0.05) is 32.0 Å². The summed E-state index contributed by atoms with van der Waals surface area (Å²) in [5, 5.41) is 0. The lowest BCUT2D eigenvalue weighted by atomic mass is 9.90. The van der Waals surface area contributed by atoms with E-state index < -0.39 is 0 Å². The van der Waals surface area contributed by atoms with Crippen molar-refractivity contribution in [3.8, 4) is 0 Å². The molecule has 0 aromatic heterocycles. The molecule has 2 aliphatic heterocycles. The fourth-order valence-electron chi connectivity index (χ4n) is 4.43. The predicted molar refractivity (Wildman–Crippen MR) is 111 cm³/mol. The molecule has 0 aliphatic carbocycles. The zero-order chi connectivity index (χ0) is 20.4. The summed E-state index contributed by atoms with van der Waals surface area (Å²) in [5.41, 5.74) is 4.30. The van der Waals surface area contributed by atoms with Gasteiger partial charge in [0.25, 0.3) is 11.8 Å². The maximum Gasteiger partial charge on any atom is 0.277 e. The van der Waals surface area contributed by atoms with Crippen LogP contribution in [0.4, 0.5) is 0 Å². The van der Waals surface area contributed by atoms with E-state index >= 15 is 0 Å². The molecule has 1 fully saturated rings. The van der Waals surface area contributed by atoms with Crippen molar-refractivity contribution < 1.29 is 14.3 Å². The van der Waals surface area contributed by atoms with Crippen LogP contribution < -0.4 is 0 Å². The Morgan fingerprint density at radius 2 is 1.71 bits per heavy atom. The van der Waals surface area contributed by atoms with Crippen molar-refractivity contribution in [2.75, 3.05) is 33.4 Å². The summed E-state index contributed by atoms with van der Waals surface area (Å²) in [6.07, 6.45) is 1.80. The number of hydrogen-bond acceptors (Lipinski definition) is 4. The summed E-state index contributed by atoms with van der Waals surface area (Å²) < 4.78 is 5.11. The Labute approximate surface area is 168 Å². The van der Waals surface area contributed by atoms with Crippen molar-refractivity contribution in [3.05, 3.63) is 40.6 Å². The number of hydrogen-bond donors (Lipinski definition) is 0. The van der Waals surface area contributed by atoms with Crippen LogP contribution in [-0.4, -0.2) is 55.0 Å². The molecule has 1 aromatic carbocycles. The lowest BCUT2D eigenvalue weighted by molar-refractivity contribution is -0.137. The molecule has 5 nitrogen and oxygen atoms in total. The summed E-state index contributed by atoms with van der Waals surface area (Å²) in [5.74, 6) is 0.672. The summed E-state index contributed by atoms with van der Waals surface area (Å²) in [6.45, 7) is 11.1. The van der Waals surface area contributed by atoms with Crippen LogP contribution in [0.5, 0.6) is 0 Å². The van der Waals surface area contributed by atoms with E-state index in [9.17, 15) is 9.59 Å². The summed E-state index contributed by atoms with van der Waals surface area (Å²) in [6, 6.07) is 6.03. The van der Waals surface area contributed by atoms with Crippen LogP contribution in [0.3, 0.4) is 0 Å². The summed E-state index contributed by atoms with van der Waals surface area (Å²) in [7, 11) is 1.63. The van der Waals surface area contributed by atoms with E-state index in [0.717, 1.165) is 30.6 Å². The molecule has 0 radical (unpaired) electrons. The number of benzene rings is 1. The molecule has 0 saturated carbocycles. The van der Waals surface area contributed by atoms with Gasteiger partial charge in [-0.3, -0.25) is 14.5 Å². The Balaban J connectivity index is 2.03. The number of aryl methyl sites for hydroxylation is 2. The summed E-state index contributed by atoms with van der Waals surface area (Å²) >= 11 is 0. The van der Waals surface area contributed by atoms with Crippen LogP contribution in [0.25, 0.3) is 5.57 Å². The average molecular weight is 385 g/mol. The number of piperidine rings is 1. The number of ether oxygens (including phenoxy) is 1. The molecule has 0 spiro atoms. The topological polar surface area (TPSA) is 49.9 Å². The first-order chi connectivity index (χ1) is 13.3. The lowest BCUT2D eigenvalue weighted by Gasteiger charge is -2.37. The quantitative estimate of drug-likeness (QED) is 0.557. The highest BCUT2D eigenvalue weighted by molar-refractivity contribution is 6.35. The molecule has 1 aromatic rings. The lowest BCUT2D eigenvalue weighted by Crippen LogP contribution is -2.42. The Morgan fingerprint density at radius 1 is 1.04 bits per heavy atom. The smallest absolute Gasteiger partial charge is 0.277 e. The van der Waals surface area contributed by atoms with Gasteiger partial charge in [0, 0.05) is 33.4 Å². The SMILES string of the molecule is COCCCN1C(=O)C(c2ccc(C)c(C)c2)=C(N2CC(C)CC(C)C2)C1=O. The molecule has 3 rings (SSSR count). The minimum Gasteiger partial charge on any atom is -0.385 e. The van der Waals surface area contributed by atoms with Crippen molar-refractivity contribution in [3.63, 3.8) is 0 Å². The van der Waals surface area contributed by atoms with Crippen molar-refractivity contribution in [1.82, 2.24) is 9.80 Å². The Kier molecular flexibility index (Phi) is 6.23. The van der Waals surface area contributed by atoms with Gasteiger partial charge >= 0.3 is 0 Å². The van der Waals surface area contributed by atoms with Crippen LogP contribution in [-0.2, 0) is 14.3 Å². The highest BCUT2D eigenvalue weighted by Gasteiger charge is 2.42. The average Bonchev–Trinajstić information content (AvgIpc) is 2.88. The molecule has 0 N–H and O–H groups in total. The van der Waals surface area contributed by atoms with Crippen LogP contribution in [0, 0.1) is 25.7 Å². The van der Waals surface area contributed by atoms with Crippen molar-refractivity contribution in [2.45, 2.75) is 40.5 Å². The Bertz CT molecular complexity index is 789. The van der Waals surface area contributed by atoms with Crippen LogP contribution >= 0.6 is 0 Å². The zero-order valence-electron chi connectivity index (χ0n) is 17.7. The molecule has 152 valence electrons. The number of methoxy groups -OCH3 is 1. The fourth-order valence-corrected chi connectivity index (χ4v) is 4.43. The molecule has 2 heterocycles. The zero-order valence-corrected chi connectivity index (χ0v) is 17.7. The Hall–Kier alpha value is -2.14. The highest BCUT2D eigenvalue weighted by Crippen LogP contribution is 2.35.